The maximum Gasteiger partial charge on any atom is 0.150 e. The predicted molar refractivity (Wildman–Crippen MR) is 57.1 cm³/mol. The number of hydrogen-bond acceptors (Lipinski definition) is 2. The second-order valence-corrected chi connectivity index (χ2v) is 4.32. The van der Waals surface area contributed by atoms with E-state index in [4.69, 9.17) is 4.74 Å². The third-order valence-electron chi connectivity index (χ3n) is 2.20. The molecule has 0 N–H and O–H groups in total. The number of carbonyl (C=O) groups excluding carboxylic acids is 1. The van der Waals surface area contributed by atoms with Crippen LogP contribution in [-0.4, -0.2) is 13.4 Å². The Balaban J connectivity index is 3.29. The van der Waals surface area contributed by atoms with Crippen LogP contribution in [0.5, 0.6) is 5.75 Å². The molecule has 0 heterocycles. The van der Waals surface area contributed by atoms with Crippen molar-refractivity contribution in [1.29, 1.82) is 0 Å². The van der Waals surface area contributed by atoms with Crippen molar-refractivity contribution >= 4 is 6.29 Å². The van der Waals surface area contributed by atoms with Crippen LogP contribution in [-0.2, 0) is 5.41 Å². The standard InChI is InChI=1S/C12H16O2/c1-12(2,3)11-7-10(14-4)6-5-9(11)8-13/h5-8H,1-4H3. The van der Waals surface area contributed by atoms with E-state index in [1.807, 2.05) is 6.07 Å². The number of benzene rings is 1. The number of hydrogen-bond donors (Lipinski definition) is 0. The van der Waals surface area contributed by atoms with Crippen LogP contribution in [0.25, 0.3) is 0 Å². The lowest BCUT2D eigenvalue weighted by atomic mass is 9.84. The van der Waals surface area contributed by atoms with Crippen molar-refractivity contribution in [2.75, 3.05) is 7.11 Å². The van der Waals surface area contributed by atoms with Crippen LogP contribution in [0.15, 0.2) is 18.2 Å². The van der Waals surface area contributed by atoms with Crippen LogP contribution in [0, 0.1) is 0 Å². The van der Waals surface area contributed by atoms with Crippen LogP contribution in [0.2, 0.25) is 0 Å². The van der Waals surface area contributed by atoms with Gasteiger partial charge in [-0.1, -0.05) is 20.8 Å². The highest BCUT2D eigenvalue weighted by Gasteiger charge is 2.18. The first-order valence-electron chi connectivity index (χ1n) is 4.62. The summed E-state index contributed by atoms with van der Waals surface area (Å²) in [5, 5.41) is 0. The summed E-state index contributed by atoms with van der Waals surface area (Å²) in [6.45, 7) is 6.23. The van der Waals surface area contributed by atoms with Gasteiger partial charge in [-0.05, 0) is 29.2 Å². The van der Waals surface area contributed by atoms with Crippen LogP contribution >= 0.6 is 0 Å². The Morgan fingerprint density at radius 2 is 1.93 bits per heavy atom. The summed E-state index contributed by atoms with van der Waals surface area (Å²) in [6, 6.07) is 5.52. The number of ether oxygens (including phenoxy) is 1. The minimum Gasteiger partial charge on any atom is -0.497 e. The summed E-state index contributed by atoms with van der Waals surface area (Å²) in [7, 11) is 1.63. The maximum atomic E-state index is 10.8. The highest BCUT2D eigenvalue weighted by molar-refractivity contribution is 5.78. The van der Waals surface area contributed by atoms with E-state index in [1.165, 1.54) is 0 Å². The van der Waals surface area contributed by atoms with Gasteiger partial charge in [0.05, 0.1) is 7.11 Å². The zero-order valence-corrected chi connectivity index (χ0v) is 9.13. The Morgan fingerprint density at radius 3 is 2.36 bits per heavy atom. The van der Waals surface area contributed by atoms with Gasteiger partial charge in [0.25, 0.3) is 0 Å². The summed E-state index contributed by atoms with van der Waals surface area (Å²) in [6.07, 6.45) is 0.889. The molecule has 14 heavy (non-hydrogen) atoms. The van der Waals surface area contributed by atoms with Crippen molar-refractivity contribution < 1.29 is 9.53 Å². The first-order valence-corrected chi connectivity index (χ1v) is 4.62. The van der Waals surface area contributed by atoms with Gasteiger partial charge < -0.3 is 4.74 Å². The Labute approximate surface area is 84.9 Å². The molecule has 1 rings (SSSR count). The van der Waals surface area contributed by atoms with Crippen molar-refractivity contribution in [1.82, 2.24) is 0 Å². The molecule has 0 amide bonds. The molecule has 2 nitrogen and oxygen atoms in total. The van der Waals surface area contributed by atoms with Gasteiger partial charge in [-0.3, -0.25) is 4.79 Å². The topological polar surface area (TPSA) is 26.3 Å². The number of rotatable bonds is 2. The van der Waals surface area contributed by atoms with E-state index in [0.29, 0.717) is 0 Å². The quantitative estimate of drug-likeness (QED) is 0.673. The molecule has 1 aromatic rings. The van der Waals surface area contributed by atoms with E-state index in [0.717, 1.165) is 23.2 Å². The van der Waals surface area contributed by atoms with Gasteiger partial charge >= 0.3 is 0 Å². The molecule has 0 bridgehead atoms. The van der Waals surface area contributed by atoms with Gasteiger partial charge in [0, 0.05) is 5.56 Å². The zero-order chi connectivity index (χ0) is 10.8. The smallest absolute Gasteiger partial charge is 0.150 e. The maximum absolute atomic E-state index is 10.8. The highest BCUT2D eigenvalue weighted by atomic mass is 16.5. The lowest BCUT2D eigenvalue weighted by Gasteiger charge is -2.21. The molecule has 76 valence electrons. The fourth-order valence-corrected chi connectivity index (χ4v) is 1.41. The summed E-state index contributed by atoms with van der Waals surface area (Å²) >= 11 is 0. The normalized spacial score (nSPS) is 11.1. The average molecular weight is 192 g/mol. The monoisotopic (exact) mass is 192 g/mol. The largest absolute Gasteiger partial charge is 0.497 e. The third kappa shape index (κ3) is 2.13. The molecule has 0 atom stereocenters. The molecule has 0 saturated heterocycles. The molecule has 0 unspecified atom stereocenters. The Morgan fingerprint density at radius 1 is 1.29 bits per heavy atom. The Kier molecular flexibility index (Phi) is 2.94. The van der Waals surface area contributed by atoms with Crippen molar-refractivity contribution in [2.24, 2.45) is 0 Å². The third-order valence-corrected chi connectivity index (χ3v) is 2.20. The molecule has 0 aliphatic heterocycles. The molecule has 1 aromatic carbocycles. The summed E-state index contributed by atoms with van der Waals surface area (Å²) < 4.78 is 5.13. The van der Waals surface area contributed by atoms with Gasteiger partial charge in [0.2, 0.25) is 0 Å². The van der Waals surface area contributed by atoms with Crippen LogP contribution < -0.4 is 4.74 Å². The van der Waals surface area contributed by atoms with E-state index in [9.17, 15) is 4.79 Å². The lowest BCUT2D eigenvalue weighted by Crippen LogP contribution is -2.14. The van der Waals surface area contributed by atoms with Crippen molar-refractivity contribution in [2.45, 2.75) is 26.2 Å². The first kappa shape index (κ1) is 10.8. The van der Waals surface area contributed by atoms with Crippen LogP contribution in [0.4, 0.5) is 0 Å². The summed E-state index contributed by atoms with van der Waals surface area (Å²) in [5.74, 6) is 0.792. The van der Waals surface area contributed by atoms with E-state index < -0.39 is 0 Å². The van der Waals surface area contributed by atoms with Gasteiger partial charge in [-0.15, -0.1) is 0 Å². The summed E-state index contributed by atoms with van der Waals surface area (Å²) in [5.41, 5.74) is 1.72. The van der Waals surface area contributed by atoms with Gasteiger partial charge in [0.1, 0.15) is 12.0 Å². The fourth-order valence-electron chi connectivity index (χ4n) is 1.41. The molecule has 0 aromatic heterocycles. The van der Waals surface area contributed by atoms with E-state index in [2.05, 4.69) is 20.8 Å². The van der Waals surface area contributed by atoms with Crippen molar-refractivity contribution in [3.8, 4) is 5.75 Å². The molecule has 2 heteroatoms. The molecule has 0 aliphatic carbocycles. The van der Waals surface area contributed by atoms with E-state index in [1.54, 1.807) is 19.2 Å². The van der Waals surface area contributed by atoms with Crippen LogP contribution in [0.1, 0.15) is 36.7 Å². The molecule has 0 spiro atoms. The predicted octanol–water partition coefficient (Wildman–Crippen LogP) is 2.81. The van der Waals surface area contributed by atoms with Gasteiger partial charge in [-0.25, -0.2) is 0 Å². The van der Waals surface area contributed by atoms with Crippen molar-refractivity contribution in [3.05, 3.63) is 29.3 Å². The molecular weight excluding hydrogens is 176 g/mol. The molecular formula is C12H16O2. The Hall–Kier alpha value is -1.31. The first-order chi connectivity index (χ1) is 6.49. The molecule has 0 aliphatic rings. The minimum atomic E-state index is -0.0369. The highest BCUT2D eigenvalue weighted by Crippen LogP contribution is 2.28. The van der Waals surface area contributed by atoms with Crippen LogP contribution in [0.3, 0.4) is 0 Å². The lowest BCUT2D eigenvalue weighted by molar-refractivity contribution is 0.112. The molecule has 0 radical (unpaired) electrons. The van der Waals surface area contributed by atoms with E-state index in [-0.39, 0.29) is 5.41 Å². The van der Waals surface area contributed by atoms with Crippen molar-refractivity contribution in [3.63, 3.8) is 0 Å². The minimum absolute atomic E-state index is 0.0369. The second-order valence-electron chi connectivity index (χ2n) is 4.32. The summed E-state index contributed by atoms with van der Waals surface area (Å²) in [4.78, 5) is 10.8. The SMILES string of the molecule is COc1ccc(C=O)c(C(C)(C)C)c1. The van der Waals surface area contributed by atoms with Gasteiger partial charge in [-0.2, -0.15) is 0 Å². The fraction of sp³-hybridized carbons (Fsp3) is 0.417. The molecule has 0 saturated carbocycles. The number of aldehydes is 1. The average Bonchev–Trinajstić information content (AvgIpc) is 2.15. The molecule has 0 fully saturated rings. The van der Waals surface area contributed by atoms with Gasteiger partial charge in [0.15, 0.2) is 0 Å². The zero-order valence-electron chi connectivity index (χ0n) is 9.13. The number of carbonyl (C=O) groups is 1. The number of methoxy groups -OCH3 is 1. The van der Waals surface area contributed by atoms with E-state index >= 15 is 0 Å². The Bertz CT molecular complexity index is 335. The second kappa shape index (κ2) is 3.82.